The van der Waals surface area contributed by atoms with E-state index in [0.717, 1.165) is 0 Å². The molecule has 1 atom stereocenters. The van der Waals surface area contributed by atoms with E-state index in [2.05, 4.69) is 94.4 Å². The van der Waals surface area contributed by atoms with Crippen molar-refractivity contribution in [2.75, 3.05) is 0 Å². The van der Waals surface area contributed by atoms with Crippen LogP contribution in [0.3, 0.4) is 0 Å². The Bertz CT molecular complexity index is 957. The van der Waals surface area contributed by atoms with Crippen molar-refractivity contribution < 1.29 is 0 Å². The predicted molar refractivity (Wildman–Crippen MR) is 146 cm³/mol. The maximum atomic E-state index is 2.51. The second-order valence-electron chi connectivity index (χ2n) is 8.97. The van der Waals surface area contributed by atoms with Crippen LogP contribution in [0.15, 0.2) is 66.7 Å². The first kappa shape index (κ1) is 24.7. The van der Waals surface area contributed by atoms with Gasteiger partial charge in [0.15, 0.2) is 0 Å². The van der Waals surface area contributed by atoms with E-state index < -0.39 is 7.92 Å². The molecule has 0 amide bonds. The van der Waals surface area contributed by atoms with Gasteiger partial charge in [-0.1, -0.05) is 107 Å². The van der Waals surface area contributed by atoms with E-state index in [1.54, 1.807) is 22.0 Å². The minimum Gasteiger partial charge on any atom is -0.0654 e. The normalized spacial score (nSPS) is 12.1. The molecule has 0 radical (unpaired) electrons. The highest BCUT2D eigenvalue weighted by Crippen LogP contribution is 2.37. The largest absolute Gasteiger partial charge is 0.0654 e. The van der Waals surface area contributed by atoms with Gasteiger partial charge in [-0.25, -0.2) is 0 Å². The van der Waals surface area contributed by atoms with Gasteiger partial charge in [-0.2, -0.15) is 0 Å². The fourth-order valence-electron chi connectivity index (χ4n) is 4.64. The number of benzene rings is 3. The summed E-state index contributed by atoms with van der Waals surface area (Å²) in [6.45, 7) is 9.25. The molecule has 0 aromatic heterocycles. The van der Waals surface area contributed by atoms with Crippen LogP contribution >= 0.6 is 7.92 Å². The Balaban J connectivity index is 2.23. The molecule has 3 aromatic rings. The molecule has 0 fully saturated rings. The molecule has 0 saturated heterocycles. The summed E-state index contributed by atoms with van der Waals surface area (Å²) in [4.78, 5) is 0. The highest BCUT2D eigenvalue weighted by atomic mass is 31.1. The van der Waals surface area contributed by atoms with E-state index in [-0.39, 0.29) is 0 Å². The van der Waals surface area contributed by atoms with Gasteiger partial charge >= 0.3 is 0 Å². The van der Waals surface area contributed by atoms with Gasteiger partial charge in [-0.05, 0) is 91.5 Å². The van der Waals surface area contributed by atoms with Gasteiger partial charge in [0.1, 0.15) is 0 Å². The minimum absolute atomic E-state index is 0.561. The summed E-state index contributed by atoms with van der Waals surface area (Å²) in [7, 11) is -0.561. The minimum atomic E-state index is -0.561. The molecule has 170 valence electrons. The Kier molecular flexibility index (Phi) is 10.0. The van der Waals surface area contributed by atoms with Crippen molar-refractivity contribution in [2.45, 2.75) is 85.5 Å². The molecular weight excluding hydrogens is 403 g/mol. The second-order valence-corrected chi connectivity index (χ2v) is 11.1. The first-order valence-corrected chi connectivity index (χ1v) is 14.1. The molecule has 0 spiro atoms. The Morgan fingerprint density at radius 2 is 1.16 bits per heavy atom. The molecule has 3 rings (SSSR count). The van der Waals surface area contributed by atoms with Gasteiger partial charge in [-0.3, -0.25) is 0 Å². The fourth-order valence-corrected chi connectivity index (χ4v) is 7.33. The zero-order chi connectivity index (χ0) is 22.8. The smallest absolute Gasteiger partial charge is 0.0116 e. The fraction of sp³-hybridized carbons (Fsp3) is 0.419. The average molecular weight is 445 g/mol. The summed E-state index contributed by atoms with van der Waals surface area (Å²) >= 11 is 0. The van der Waals surface area contributed by atoms with Gasteiger partial charge in [0.2, 0.25) is 0 Å². The van der Waals surface area contributed by atoms with Crippen molar-refractivity contribution in [1.29, 1.82) is 0 Å². The topological polar surface area (TPSA) is 0 Å². The van der Waals surface area contributed by atoms with Crippen molar-refractivity contribution >= 4 is 23.8 Å². The molecular formula is C31H41P. The number of unbranched alkanes of at least 4 members (excludes halogenated alkanes) is 3. The first-order valence-electron chi connectivity index (χ1n) is 12.8. The molecule has 0 heterocycles. The van der Waals surface area contributed by atoms with Crippen LogP contribution in [0.4, 0.5) is 0 Å². The van der Waals surface area contributed by atoms with Crippen molar-refractivity contribution in [1.82, 2.24) is 0 Å². The summed E-state index contributed by atoms with van der Waals surface area (Å²) in [6, 6.07) is 25.3. The third-order valence-corrected chi connectivity index (χ3v) is 9.17. The van der Waals surface area contributed by atoms with E-state index in [1.807, 2.05) is 0 Å². The van der Waals surface area contributed by atoms with Gasteiger partial charge < -0.3 is 0 Å². The quantitative estimate of drug-likeness (QED) is 0.250. The van der Waals surface area contributed by atoms with Crippen molar-refractivity contribution in [3.8, 4) is 0 Å². The van der Waals surface area contributed by atoms with Crippen molar-refractivity contribution in [3.05, 3.63) is 89.0 Å². The lowest BCUT2D eigenvalue weighted by Crippen LogP contribution is -2.26. The average Bonchev–Trinajstić information content (AvgIpc) is 2.83. The number of hydrogen-bond donors (Lipinski definition) is 0. The summed E-state index contributed by atoms with van der Waals surface area (Å²) in [6.07, 6.45) is 11.3. The zero-order valence-electron chi connectivity index (χ0n) is 20.7. The first-order chi connectivity index (χ1) is 15.7. The highest BCUT2D eigenvalue weighted by molar-refractivity contribution is 7.80. The monoisotopic (exact) mass is 444 g/mol. The lowest BCUT2D eigenvalue weighted by atomic mass is 9.91. The standard InChI is InChI=1S/C31H41P/c1-5-8-17-26-23-24-31(29(21-10-7-3)28(26)20-9-6-2)32(27-18-12-11-13-19-27)30-22-15-14-16-25(30)4/h11-16,18-19,22-24H,5-10,17,20-21H2,1-4H3. The molecule has 1 heteroatoms. The Labute approximate surface area is 198 Å². The molecule has 0 nitrogen and oxygen atoms in total. The van der Waals surface area contributed by atoms with Crippen LogP contribution < -0.4 is 15.9 Å². The summed E-state index contributed by atoms with van der Waals surface area (Å²) in [5.74, 6) is 0. The van der Waals surface area contributed by atoms with Gasteiger partial charge in [0.05, 0.1) is 0 Å². The lowest BCUT2D eigenvalue weighted by molar-refractivity contribution is 0.737. The van der Waals surface area contributed by atoms with Crippen LogP contribution in [0.1, 0.15) is 81.5 Å². The van der Waals surface area contributed by atoms with Crippen LogP contribution in [-0.4, -0.2) is 0 Å². The summed E-state index contributed by atoms with van der Waals surface area (Å²) in [5, 5.41) is 4.58. The number of aryl methyl sites for hydroxylation is 2. The molecule has 0 saturated carbocycles. The number of hydrogen-bond acceptors (Lipinski definition) is 0. The number of rotatable bonds is 12. The van der Waals surface area contributed by atoms with E-state index in [9.17, 15) is 0 Å². The molecule has 3 aromatic carbocycles. The SMILES string of the molecule is CCCCc1ccc(P(c2ccccc2)c2ccccc2C)c(CCCC)c1CCCC. The third kappa shape index (κ3) is 6.11. The third-order valence-electron chi connectivity index (χ3n) is 6.48. The second kappa shape index (κ2) is 13.0. The maximum absolute atomic E-state index is 2.51. The summed E-state index contributed by atoms with van der Waals surface area (Å²) in [5.41, 5.74) is 6.38. The van der Waals surface area contributed by atoms with E-state index in [4.69, 9.17) is 0 Å². The van der Waals surface area contributed by atoms with Crippen LogP contribution in [0.2, 0.25) is 0 Å². The van der Waals surface area contributed by atoms with Gasteiger partial charge in [-0.15, -0.1) is 0 Å². The highest BCUT2D eigenvalue weighted by Gasteiger charge is 2.23. The molecule has 0 aliphatic carbocycles. The molecule has 32 heavy (non-hydrogen) atoms. The zero-order valence-corrected chi connectivity index (χ0v) is 21.6. The Morgan fingerprint density at radius 3 is 1.81 bits per heavy atom. The Morgan fingerprint density at radius 1 is 0.562 bits per heavy atom. The van der Waals surface area contributed by atoms with Crippen LogP contribution in [0.25, 0.3) is 0 Å². The Hall–Kier alpha value is -1.91. The summed E-state index contributed by atoms with van der Waals surface area (Å²) < 4.78 is 0. The molecule has 0 aliphatic heterocycles. The van der Waals surface area contributed by atoms with Gasteiger partial charge in [0.25, 0.3) is 0 Å². The molecule has 0 aliphatic rings. The van der Waals surface area contributed by atoms with E-state index in [0.29, 0.717) is 0 Å². The van der Waals surface area contributed by atoms with E-state index >= 15 is 0 Å². The lowest BCUT2D eigenvalue weighted by Gasteiger charge is -2.27. The molecule has 0 N–H and O–H groups in total. The van der Waals surface area contributed by atoms with Gasteiger partial charge in [0, 0.05) is 0 Å². The molecule has 1 unspecified atom stereocenters. The van der Waals surface area contributed by atoms with Crippen LogP contribution in [0, 0.1) is 6.92 Å². The van der Waals surface area contributed by atoms with Crippen molar-refractivity contribution in [2.24, 2.45) is 0 Å². The van der Waals surface area contributed by atoms with Crippen molar-refractivity contribution in [3.63, 3.8) is 0 Å². The van der Waals surface area contributed by atoms with E-state index in [1.165, 1.54) is 74.0 Å². The van der Waals surface area contributed by atoms with Crippen LogP contribution in [-0.2, 0) is 19.3 Å². The maximum Gasteiger partial charge on any atom is -0.0116 e. The molecule has 0 bridgehead atoms. The predicted octanol–water partition coefficient (Wildman–Crippen LogP) is 7.78. The van der Waals surface area contributed by atoms with Crippen LogP contribution in [0.5, 0.6) is 0 Å².